The molecule has 11 rings (SSSR count). The number of fused-ring (bicyclic) bond motifs is 10. The van der Waals surface area contributed by atoms with Crippen molar-refractivity contribution in [2.75, 3.05) is 4.90 Å². The van der Waals surface area contributed by atoms with Gasteiger partial charge in [-0.3, -0.25) is 4.99 Å². The number of aliphatic imine (C=N–C) groups is 1. The maximum Gasteiger partial charge on any atom is 0.134 e. The SMILES string of the molecule is C1=CC2=C(c3ccccc3)NC(c3ccccc3-c3ccc4c(c3)C3(c5ccccc5-4)c4ccccc4N(c4ccccc4)c4ccccc43)=NC2C=C1. The van der Waals surface area contributed by atoms with Crippen LogP contribution in [0.15, 0.2) is 211 Å². The molecule has 1 unspecified atom stereocenters. The van der Waals surface area contributed by atoms with E-state index in [0.29, 0.717) is 0 Å². The van der Waals surface area contributed by atoms with Gasteiger partial charge < -0.3 is 10.2 Å². The molecule has 0 radical (unpaired) electrons. The lowest BCUT2D eigenvalue weighted by Crippen LogP contribution is -2.36. The van der Waals surface area contributed by atoms with Gasteiger partial charge in [0.25, 0.3) is 0 Å². The van der Waals surface area contributed by atoms with Gasteiger partial charge in [0, 0.05) is 16.8 Å². The molecule has 2 heterocycles. The van der Waals surface area contributed by atoms with Crippen LogP contribution in [0.5, 0.6) is 0 Å². The van der Waals surface area contributed by atoms with Gasteiger partial charge in [-0.2, -0.15) is 0 Å². The second-order valence-electron chi connectivity index (χ2n) is 14.3. The highest BCUT2D eigenvalue weighted by Gasteiger charge is 2.51. The smallest absolute Gasteiger partial charge is 0.134 e. The molecule has 7 aromatic carbocycles. The monoisotopic (exact) mass is 689 g/mol. The molecule has 2 aliphatic heterocycles. The van der Waals surface area contributed by atoms with E-state index in [1.807, 2.05) is 0 Å². The topological polar surface area (TPSA) is 27.6 Å². The highest BCUT2D eigenvalue weighted by molar-refractivity contribution is 6.10. The van der Waals surface area contributed by atoms with Gasteiger partial charge in [0.15, 0.2) is 0 Å². The summed E-state index contributed by atoms with van der Waals surface area (Å²) in [5.74, 6) is 0.878. The van der Waals surface area contributed by atoms with Crippen molar-refractivity contribution in [3.63, 3.8) is 0 Å². The van der Waals surface area contributed by atoms with Gasteiger partial charge in [-0.1, -0.05) is 170 Å². The van der Waals surface area contributed by atoms with E-state index >= 15 is 0 Å². The first-order chi connectivity index (χ1) is 26.8. The molecule has 1 atom stereocenters. The Morgan fingerprint density at radius 2 is 1.07 bits per heavy atom. The molecule has 2 aliphatic carbocycles. The number of benzene rings is 7. The summed E-state index contributed by atoms with van der Waals surface area (Å²) in [4.78, 5) is 7.76. The van der Waals surface area contributed by atoms with Crippen LogP contribution in [0, 0.1) is 0 Å². The zero-order valence-electron chi connectivity index (χ0n) is 29.5. The van der Waals surface area contributed by atoms with Crippen molar-refractivity contribution in [1.82, 2.24) is 5.32 Å². The second-order valence-corrected chi connectivity index (χ2v) is 14.3. The largest absolute Gasteiger partial charge is 0.339 e. The van der Waals surface area contributed by atoms with Gasteiger partial charge in [0.1, 0.15) is 5.84 Å². The lowest BCUT2D eigenvalue weighted by atomic mass is 9.64. The lowest BCUT2D eigenvalue weighted by Gasteiger charge is -2.45. The predicted octanol–water partition coefficient (Wildman–Crippen LogP) is 11.8. The number of rotatable bonds is 4. The highest BCUT2D eigenvalue weighted by atomic mass is 15.2. The first-order valence-corrected chi connectivity index (χ1v) is 18.7. The molecule has 1 N–H and O–H groups in total. The average molecular weight is 690 g/mol. The Bertz CT molecular complexity index is 2700. The van der Waals surface area contributed by atoms with Gasteiger partial charge in [0.05, 0.1) is 28.5 Å². The van der Waals surface area contributed by atoms with E-state index in [1.54, 1.807) is 0 Å². The molecule has 254 valence electrons. The minimum absolute atomic E-state index is 0.0601. The van der Waals surface area contributed by atoms with Crippen molar-refractivity contribution in [1.29, 1.82) is 0 Å². The van der Waals surface area contributed by atoms with Crippen LogP contribution in [0.3, 0.4) is 0 Å². The molecular weight excluding hydrogens is 655 g/mol. The van der Waals surface area contributed by atoms with E-state index < -0.39 is 5.41 Å². The molecule has 3 heteroatoms. The zero-order chi connectivity index (χ0) is 35.6. The number of nitrogens with zero attached hydrogens (tertiary/aromatic N) is 2. The van der Waals surface area contributed by atoms with Crippen molar-refractivity contribution in [3.8, 4) is 22.3 Å². The minimum Gasteiger partial charge on any atom is -0.339 e. The number of nitrogens with one attached hydrogen (secondary N) is 1. The van der Waals surface area contributed by atoms with E-state index in [1.165, 1.54) is 50.3 Å². The molecule has 0 bridgehead atoms. The Kier molecular flexibility index (Phi) is 6.83. The van der Waals surface area contributed by atoms with Crippen LogP contribution in [0.1, 0.15) is 33.4 Å². The summed E-state index contributed by atoms with van der Waals surface area (Å²) in [6, 6.07) is 64.1. The molecule has 3 nitrogen and oxygen atoms in total. The number of para-hydroxylation sites is 3. The van der Waals surface area contributed by atoms with E-state index in [4.69, 9.17) is 4.99 Å². The number of allylic oxidation sites excluding steroid dienone is 2. The summed E-state index contributed by atoms with van der Waals surface area (Å²) in [7, 11) is 0. The fourth-order valence-corrected chi connectivity index (χ4v) is 9.29. The standard InChI is InChI=1S/C51H35N3/c1-3-17-34(18-4-1)49-41-24-10-14-28-46(41)52-50(53-49)40-23-8-7-21-37(40)35-31-32-39-38-22-9-11-25-42(38)51(45(39)33-35)43-26-12-15-29-47(43)54(36-19-5-2-6-20-36)48-30-16-13-27-44(48)51/h1-33,46H,(H,52,53). The van der Waals surface area contributed by atoms with Crippen molar-refractivity contribution in [2.45, 2.75) is 11.5 Å². The van der Waals surface area contributed by atoms with Crippen LogP contribution in [-0.2, 0) is 5.41 Å². The summed E-state index contributed by atoms with van der Waals surface area (Å²) in [6.45, 7) is 0. The third-order valence-electron chi connectivity index (χ3n) is 11.5. The molecule has 0 saturated carbocycles. The third-order valence-corrected chi connectivity index (χ3v) is 11.5. The Hall–Kier alpha value is -6.97. The Morgan fingerprint density at radius 3 is 1.81 bits per heavy atom. The molecule has 0 fully saturated rings. The molecule has 4 aliphatic rings. The summed E-state index contributed by atoms with van der Waals surface area (Å²) in [5, 5.41) is 3.80. The van der Waals surface area contributed by atoms with E-state index in [0.717, 1.165) is 39.5 Å². The maximum atomic E-state index is 5.32. The van der Waals surface area contributed by atoms with Crippen molar-refractivity contribution < 1.29 is 0 Å². The van der Waals surface area contributed by atoms with Crippen LogP contribution in [0.2, 0.25) is 0 Å². The maximum absolute atomic E-state index is 5.32. The van der Waals surface area contributed by atoms with E-state index in [-0.39, 0.29) is 6.04 Å². The van der Waals surface area contributed by atoms with Gasteiger partial charge >= 0.3 is 0 Å². The van der Waals surface area contributed by atoms with Crippen LogP contribution < -0.4 is 10.2 Å². The quantitative estimate of drug-likeness (QED) is 0.199. The average Bonchev–Trinajstić information content (AvgIpc) is 3.54. The van der Waals surface area contributed by atoms with Gasteiger partial charge in [-0.25, -0.2) is 0 Å². The number of amidine groups is 1. The summed E-state index contributed by atoms with van der Waals surface area (Å²) >= 11 is 0. The Morgan fingerprint density at radius 1 is 0.481 bits per heavy atom. The fraction of sp³-hybridized carbons (Fsp3) is 0.0392. The minimum atomic E-state index is -0.521. The van der Waals surface area contributed by atoms with Gasteiger partial charge in [-0.05, 0) is 80.4 Å². The van der Waals surface area contributed by atoms with Gasteiger partial charge in [-0.15, -0.1) is 0 Å². The summed E-state index contributed by atoms with van der Waals surface area (Å²) in [6.07, 6.45) is 8.58. The van der Waals surface area contributed by atoms with Crippen LogP contribution in [0.4, 0.5) is 17.1 Å². The molecule has 7 aromatic rings. The van der Waals surface area contributed by atoms with Crippen molar-refractivity contribution in [3.05, 3.63) is 239 Å². The zero-order valence-corrected chi connectivity index (χ0v) is 29.5. The van der Waals surface area contributed by atoms with Crippen molar-refractivity contribution in [2.24, 2.45) is 4.99 Å². The van der Waals surface area contributed by atoms with Crippen LogP contribution in [-0.4, -0.2) is 11.9 Å². The molecular formula is C51H35N3. The highest BCUT2D eigenvalue weighted by Crippen LogP contribution is 2.63. The lowest BCUT2D eigenvalue weighted by molar-refractivity contribution is 0.753. The fourth-order valence-electron chi connectivity index (χ4n) is 9.29. The molecule has 54 heavy (non-hydrogen) atoms. The first-order valence-electron chi connectivity index (χ1n) is 18.7. The normalized spacial score (nSPS) is 16.9. The van der Waals surface area contributed by atoms with Crippen LogP contribution in [0.25, 0.3) is 28.0 Å². The molecule has 0 aromatic heterocycles. The van der Waals surface area contributed by atoms with E-state index in [2.05, 4.69) is 210 Å². The van der Waals surface area contributed by atoms with E-state index in [9.17, 15) is 0 Å². The van der Waals surface area contributed by atoms with Crippen LogP contribution >= 0.6 is 0 Å². The molecule has 1 spiro atoms. The Labute approximate surface area is 315 Å². The molecule has 0 saturated heterocycles. The number of hydrogen-bond donors (Lipinski definition) is 1. The number of hydrogen-bond acceptors (Lipinski definition) is 3. The summed E-state index contributed by atoms with van der Waals surface area (Å²) in [5.41, 5.74) is 17.6. The van der Waals surface area contributed by atoms with Crippen molar-refractivity contribution >= 4 is 28.6 Å². The third kappa shape index (κ3) is 4.39. The number of anilines is 3. The Balaban J connectivity index is 1.13. The predicted molar refractivity (Wildman–Crippen MR) is 223 cm³/mol. The molecule has 0 amide bonds. The first kappa shape index (κ1) is 30.6. The van der Waals surface area contributed by atoms with Gasteiger partial charge in [0.2, 0.25) is 0 Å². The summed E-state index contributed by atoms with van der Waals surface area (Å²) < 4.78 is 0. The second kappa shape index (κ2) is 12.0.